The minimum atomic E-state index is -0.0161. The Labute approximate surface area is 141 Å². The van der Waals surface area contributed by atoms with Crippen LogP contribution in [0.4, 0.5) is 0 Å². The molecule has 118 valence electrons. The zero-order chi connectivity index (χ0) is 16.1. The Kier molecular flexibility index (Phi) is 5.14. The zero-order valence-electron chi connectivity index (χ0n) is 12.5. The Balaban J connectivity index is 1.50. The first-order chi connectivity index (χ1) is 11.2. The van der Waals surface area contributed by atoms with E-state index in [1.807, 2.05) is 6.92 Å². The van der Waals surface area contributed by atoms with E-state index in [1.165, 1.54) is 16.6 Å². The molecule has 0 fully saturated rings. The molecule has 3 heterocycles. The molecule has 0 radical (unpaired) electrons. The summed E-state index contributed by atoms with van der Waals surface area (Å²) in [4.78, 5) is 30.8. The molecule has 0 aromatic carbocycles. The summed E-state index contributed by atoms with van der Waals surface area (Å²) in [6.07, 6.45) is 7.21. The summed E-state index contributed by atoms with van der Waals surface area (Å²) in [5.41, 5.74) is 0.867. The van der Waals surface area contributed by atoms with Crippen LogP contribution in [0.3, 0.4) is 0 Å². The summed E-state index contributed by atoms with van der Waals surface area (Å²) >= 11 is 3.07. The maximum Gasteiger partial charge on any atom is 0.230 e. The number of hydrogen-bond acceptors (Lipinski definition) is 7. The molecule has 1 amide bonds. The summed E-state index contributed by atoms with van der Waals surface area (Å²) in [6, 6.07) is 2.06. The predicted octanol–water partition coefficient (Wildman–Crippen LogP) is 2.24. The number of aryl methyl sites for hydroxylation is 1. The van der Waals surface area contributed by atoms with E-state index >= 15 is 0 Å². The summed E-state index contributed by atoms with van der Waals surface area (Å²) in [6.45, 7) is 2.59. The van der Waals surface area contributed by atoms with Gasteiger partial charge in [0.1, 0.15) is 16.2 Å². The number of thiophene rings is 1. The highest BCUT2D eigenvalue weighted by Crippen LogP contribution is 2.29. The van der Waals surface area contributed by atoms with Crippen molar-refractivity contribution in [2.75, 3.05) is 12.3 Å². The van der Waals surface area contributed by atoms with Crippen molar-refractivity contribution < 1.29 is 4.79 Å². The standard InChI is InChI=1S/C15H15N5OS2/c1-10-6-12-14(19-9-20-15(12)23-10)22-8-13(21)18-3-2-11-7-16-4-5-17-11/h4-7,9H,2-3,8H2,1H3,(H,18,21). The van der Waals surface area contributed by atoms with Gasteiger partial charge in [-0.15, -0.1) is 11.3 Å². The van der Waals surface area contributed by atoms with Crippen molar-refractivity contribution >= 4 is 39.2 Å². The molecule has 3 aromatic heterocycles. The molecular weight excluding hydrogens is 330 g/mol. The molecule has 0 spiro atoms. The molecule has 3 rings (SSSR count). The van der Waals surface area contributed by atoms with E-state index in [-0.39, 0.29) is 5.91 Å². The number of amides is 1. The van der Waals surface area contributed by atoms with E-state index in [4.69, 9.17) is 0 Å². The van der Waals surface area contributed by atoms with Crippen LogP contribution >= 0.6 is 23.1 Å². The highest BCUT2D eigenvalue weighted by molar-refractivity contribution is 8.00. The number of carbonyl (C=O) groups excluding carboxylic acids is 1. The van der Waals surface area contributed by atoms with Crippen LogP contribution in [0.15, 0.2) is 36.0 Å². The minimum absolute atomic E-state index is 0.0161. The fourth-order valence-corrected chi connectivity index (χ4v) is 3.76. The second kappa shape index (κ2) is 7.47. The van der Waals surface area contributed by atoms with Gasteiger partial charge >= 0.3 is 0 Å². The van der Waals surface area contributed by atoms with Gasteiger partial charge in [0.15, 0.2) is 0 Å². The third-order valence-electron chi connectivity index (χ3n) is 3.08. The van der Waals surface area contributed by atoms with Gasteiger partial charge in [0, 0.05) is 41.8 Å². The summed E-state index contributed by atoms with van der Waals surface area (Å²) in [7, 11) is 0. The number of nitrogens with zero attached hydrogens (tertiary/aromatic N) is 4. The molecule has 1 N–H and O–H groups in total. The van der Waals surface area contributed by atoms with Gasteiger partial charge in [-0.25, -0.2) is 9.97 Å². The van der Waals surface area contributed by atoms with Crippen LogP contribution in [-0.2, 0) is 11.2 Å². The molecule has 0 aliphatic carbocycles. The number of fused-ring (bicyclic) bond motifs is 1. The van der Waals surface area contributed by atoms with Gasteiger partial charge < -0.3 is 5.32 Å². The first kappa shape index (κ1) is 15.8. The van der Waals surface area contributed by atoms with E-state index in [0.717, 1.165) is 20.9 Å². The van der Waals surface area contributed by atoms with Crippen molar-refractivity contribution in [2.24, 2.45) is 0 Å². The van der Waals surface area contributed by atoms with Crippen LogP contribution in [0.1, 0.15) is 10.6 Å². The van der Waals surface area contributed by atoms with E-state index < -0.39 is 0 Å². The Morgan fingerprint density at radius 1 is 1.30 bits per heavy atom. The Morgan fingerprint density at radius 2 is 2.22 bits per heavy atom. The minimum Gasteiger partial charge on any atom is -0.355 e. The Bertz CT molecular complexity index is 806. The van der Waals surface area contributed by atoms with E-state index in [1.54, 1.807) is 36.3 Å². The molecule has 0 bridgehead atoms. The molecule has 6 nitrogen and oxygen atoms in total. The molecule has 0 atom stereocenters. The molecule has 23 heavy (non-hydrogen) atoms. The SMILES string of the molecule is Cc1cc2c(SCC(=O)NCCc3cnccn3)ncnc2s1. The van der Waals surface area contributed by atoms with Gasteiger partial charge in [0.25, 0.3) is 0 Å². The average Bonchev–Trinajstić information content (AvgIpc) is 2.94. The van der Waals surface area contributed by atoms with Crippen molar-refractivity contribution in [2.45, 2.75) is 18.4 Å². The highest BCUT2D eigenvalue weighted by Gasteiger charge is 2.09. The lowest BCUT2D eigenvalue weighted by Gasteiger charge is -2.05. The van der Waals surface area contributed by atoms with Crippen LogP contribution in [0.25, 0.3) is 10.2 Å². The van der Waals surface area contributed by atoms with Gasteiger partial charge in [0.05, 0.1) is 11.4 Å². The molecule has 0 aliphatic heterocycles. The fourth-order valence-electron chi connectivity index (χ4n) is 2.04. The van der Waals surface area contributed by atoms with Gasteiger partial charge in [0.2, 0.25) is 5.91 Å². The second-order valence-electron chi connectivity index (χ2n) is 4.84. The maximum atomic E-state index is 11.9. The van der Waals surface area contributed by atoms with E-state index in [9.17, 15) is 4.79 Å². The lowest BCUT2D eigenvalue weighted by molar-refractivity contribution is -0.118. The third kappa shape index (κ3) is 4.23. The first-order valence-electron chi connectivity index (χ1n) is 7.08. The predicted molar refractivity (Wildman–Crippen MR) is 91.6 cm³/mol. The lowest BCUT2D eigenvalue weighted by atomic mass is 10.3. The average molecular weight is 345 g/mol. The molecule has 0 saturated carbocycles. The molecular formula is C15H15N5OS2. The zero-order valence-corrected chi connectivity index (χ0v) is 14.2. The number of aromatic nitrogens is 4. The van der Waals surface area contributed by atoms with Crippen molar-refractivity contribution in [3.8, 4) is 0 Å². The second-order valence-corrected chi connectivity index (χ2v) is 7.04. The van der Waals surface area contributed by atoms with Crippen molar-refractivity contribution in [3.05, 3.63) is 41.6 Å². The summed E-state index contributed by atoms with van der Waals surface area (Å²) < 4.78 is 0. The Hall–Kier alpha value is -2.06. The van der Waals surface area contributed by atoms with Crippen molar-refractivity contribution in [1.82, 2.24) is 25.3 Å². The number of rotatable bonds is 6. The van der Waals surface area contributed by atoms with Crippen LogP contribution in [0, 0.1) is 6.92 Å². The van der Waals surface area contributed by atoms with E-state index in [2.05, 4.69) is 31.3 Å². The lowest BCUT2D eigenvalue weighted by Crippen LogP contribution is -2.27. The quantitative estimate of drug-likeness (QED) is 0.545. The topological polar surface area (TPSA) is 80.7 Å². The molecule has 0 aliphatic rings. The number of hydrogen-bond donors (Lipinski definition) is 1. The van der Waals surface area contributed by atoms with Gasteiger partial charge in [-0.3, -0.25) is 14.8 Å². The normalized spacial score (nSPS) is 10.8. The highest BCUT2D eigenvalue weighted by atomic mass is 32.2. The van der Waals surface area contributed by atoms with E-state index in [0.29, 0.717) is 18.7 Å². The Morgan fingerprint density at radius 3 is 3.04 bits per heavy atom. The van der Waals surface area contributed by atoms with Crippen molar-refractivity contribution in [3.63, 3.8) is 0 Å². The van der Waals surface area contributed by atoms with Crippen LogP contribution in [0.2, 0.25) is 0 Å². The monoisotopic (exact) mass is 345 g/mol. The summed E-state index contributed by atoms with van der Waals surface area (Å²) in [5, 5.41) is 4.76. The number of thioether (sulfide) groups is 1. The van der Waals surface area contributed by atoms with Gasteiger partial charge in [-0.05, 0) is 13.0 Å². The maximum absolute atomic E-state index is 11.9. The largest absolute Gasteiger partial charge is 0.355 e. The van der Waals surface area contributed by atoms with Crippen molar-refractivity contribution in [1.29, 1.82) is 0 Å². The van der Waals surface area contributed by atoms with Crippen LogP contribution < -0.4 is 5.32 Å². The molecule has 3 aromatic rings. The third-order valence-corrected chi connectivity index (χ3v) is 5.04. The fraction of sp³-hybridized carbons (Fsp3) is 0.267. The number of carbonyl (C=O) groups is 1. The van der Waals surface area contributed by atoms with Crippen LogP contribution in [-0.4, -0.2) is 38.1 Å². The van der Waals surface area contributed by atoms with Gasteiger partial charge in [-0.1, -0.05) is 11.8 Å². The molecule has 0 saturated heterocycles. The van der Waals surface area contributed by atoms with Gasteiger partial charge in [-0.2, -0.15) is 0 Å². The first-order valence-corrected chi connectivity index (χ1v) is 8.88. The molecule has 0 unspecified atom stereocenters. The smallest absolute Gasteiger partial charge is 0.230 e. The van der Waals surface area contributed by atoms with Crippen LogP contribution in [0.5, 0.6) is 0 Å². The number of nitrogens with one attached hydrogen (secondary N) is 1. The molecule has 8 heteroatoms. The summed E-state index contributed by atoms with van der Waals surface area (Å²) in [5.74, 6) is 0.319.